The topological polar surface area (TPSA) is 95.1 Å². The molecule has 1 fully saturated rings. The highest BCUT2D eigenvalue weighted by Gasteiger charge is 2.69. The van der Waals surface area contributed by atoms with Gasteiger partial charge in [-0.05, 0) is 42.3 Å². The summed E-state index contributed by atoms with van der Waals surface area (Å²) in [5.74, 6) is -2.56. The molecular weight excluding hydrogens is 582 g/mol. The van der Waals surface area contributed by atoms with Crippen LogP contribution in [-0.2, 0) is 19.6 Å². The summed E-state index contributed by atoms with van der Waals surface area (Å²) in [6.07, 6.45) is 1.49. The molecule has 5 rings (SSSR count). The van der Waals surface area contributed by atoms with Gasteiger partial charge < -0.3 is 0 Å². The highest BCUT2D eigenvalue weighted by molar-refractivity contribution is 9.10. The first-order valence-electron chi connectivity index (χ1n) is 12.2. The average Bonchev–Trinajstić information content (AvgIpc) is 2.93. The predicted octanol–water partition coefficient (Wildman–Crippen LogP) is 5.01. The van der Waals surface area contributed by atoms with E-state index < -0.39 is 45.2 Å². The number of benzene rings is 3. The minimum atomic E-state index is -4.36. The second kappa shape index (κ2) is 9.46. The molecule has 39 heavy (non-hydrogen) atoms. The molecule has 0 aliphatic carbocycles. The number of rotatable bonds is 4. The van der Waals surface area contributed by atoms with Crippen LogP contribution in [0.25, 0.3) is 0 Å². The summed E-state index contributed by atoms with van der Waals surface area (Å²) in [5, 5.41) is 0. The number of anilines is 1. The summed E-state index contributed by atoms with van der Waals surface area (Å²) < 4.78 is 30.8. The highest BCUT2D eigenvalue weighted by atomic mass is 79.9. The lowest BCUT2D eigenvalue weighted by Crippen LogP contribution is -2.70. The van der Waals surface area contributed by atoms with Gasteiger partial charge in [-0.3, -0.25) is 23.7 Å². The molecule has 0 radical (unpaired) electrons. The third-order valence-corrected chi connectivity index (χ3v) is 10.1. The van der Waals surface area contributed by atoms with E-state index >= 15 is 0 Å². The molecule has 2 aliphatic rings. The van der Waals surface area contributed by atoms with Crippen molar-refractivity contribution in [1.82, 2.24) is 9.80 Å². The van der Waals surface area contributed by atoms with Crippen molar-refractivity contribution in [2.75, 3.05) is 18.4 Å². The van der Waals surface area contributed by atoms with E-state index in [0.717, 1.165) is 15.4 Å². The Kier molecular flexibility index (Phi) is 6.51. The van der Waals surface area contributed by atoms with Crippen molar-refractivity contribution in [3.63, 3.8) is 0 Å². The third-order valence-electron chi connectivity index (χ3n) is 7.57. The van der Waals surface area contributed by atoms with Gasteiger partial charge in [-0.2, -0.15) is 0 Å². The number of imide groups is 2. The van der Waals surface area contributed by atoms with E-state index in [1.165, 1.54) is 36.6 Å². The van der Waals surface area contributed by atoms with Crippen LogP contribution in [0, 0.1) is 12.3 Å². The van der Waals surface area contributed by atoms with Crippen LogP contribution in [-0.4, -0.2) is 50.2 Å². The Morgan fingerprint density at radius 2 is 1.38 bits per heavy atom. The van der Waals surface area contributed by atoms with Gasteiger partial charge in [0.2, 0.25) is 11.8 Å². The van der Waals surface area contributed by atoms with E-state index in [4.69, 9.17) is 0 Å². The minimum Gasteiger partial charge on any atom is -0.273 e. The number of hydrogen-bond acceptors (Lipinski definition) is 5. The smallest absolute Gasteiger partial charge is 0.273 e. The molecule has 0 bridgehead atoms. The molecule has 0 unspecified atom stereocenters. The maximum Gasteiger partial charge on any atom is 0.332 e. The Morgan fingerprint density at radius 3 is 1.95 bits per heavy atom. The van der Waals surface area contributed by atoms with Crippen molar-refractivity contribution < 1.29 is 22.8 Å². The Labute approximate surface area is 235 Å². The Balaban J connectivity index is 1.97. The van der Waals surface area contributed by atoms with E-state index in [2.05, 4.69) is 22.5 Å². The van der Waals surface area contributed by atoms with Gasteiger partial charge >= 0.3 is 6.03 Å². The SMILES string of the molecule is C=C[C@H]1c2ccccc2N(S(=O)(=O)c2ccc(C)cc2)[C@@H](c2ccccc2Br)C12C(=O)N(C)C(=O)N(C)C2=O. The maximum atomic E-state index is 14.6. The average molecular weight is 609 g/mol. The van der Waals surface area contributed by atoms with Gasteiger partial charge in [0.25, 0.3) is 10.0 Å². The monoisotopic (exact) mass is 607 g/mol. The van der Waals surface area contributed by atoms with E-state index in [1.807, 2.05) is 6.92 Å². The molecule has 2 heterocycles. The van der Waals surface area contributed by atoms with Crippen molar-refractivity contribution in [2.45, 2.75) is 23.8 Å². The molecule has 2 atom stereocenters. The number of para-hydroxylation sites is 1. The molecule has 4 amide bonds. The number of nitrogens with zero attached hydrogens (tertiary/aromatic N) is 3. The number of carbonyl (C=O) groups excluding carboxylic acids is 3. The number of amides is 4. The van der Waals surface area contributed by atoms with Gasteiger partial charge in [0.1, 0.15) is 0 Å². The fourth-order valence-electron chi connectivity index (χ4n) is 5.71. The van der Waals surface area contributed by atoms with Crippen molar-refractivity contribution >= 4 is 49.5 Å². The van der Waals surface area contributed by atoms with Gasteiger partial charge in [-0.15, -0.1) is 6.58 Å². The van der Waals surface area contributed by atoms with E-state index in [-0.39, 0.29) is 4.90 Å². The summed E-state index contributed by atoms with van der Waals surface area (Å²) in [4.78, 5) is 43.4. The number of fused-ring (bicyclic) bond motifs is 1. The first-order valence-corrected chi connectivity index (χ1v) is 14.4. The molecule has 0 saturated carbocycles. The first-order chi connectivity index (χ1) is 18.5. The van der Waals surface area contributed by atoms with E-state index in [0.29, 0.717) is 21.3 Å². The zero-order valence-corrected chi connectivity index (χ0v) is 23.9. The molecule has 200 valence electrons. The summed E-state index contributed by atoms with van der Waals surface area (Å²) in [5.41, 5.74) is -0.0540. The number of allylic oxidation sites excluding steroid dienone is 1. The molecule has 10 heteroatoms. The van der Waals surface area contributed by atoms with Crippen LogP contribution in [0.5, 0.6) is 0 Å². The molecule has 3 aromatic rings. The standard InChI is InChI=1S/C29H26BrN3O5S/c1-5-22-20-10-7-9-13-24(20)33(39(37,38)19-16-14-18(2)15-17-19)25(21-11-6-8-12-23(21)30)29(22)26(34)31(3)28(36)32(4)27(29)35/h5-17,22,25H,1H2,2-4H3/t22-,25-/m0/s1. The van der Waals surface area contributed by atoms with Crippen molar-refractivity contribution in [3.8, 4) is 0 Å². The molecule has 1 spiro atoms. The van der Waals surface area contributed by atoms with Gasteiger partial charge in [0.05, 0.1) is 16.6 Å². The van der Waals surface area contributed by atoms with Gasteiger partial charge in [-0.1, -0.05) is 76.1 Å². The van der Waals surface area contributed by atoms with Crippen LogP contribution in [0.2, 0.25) is 0 Å². The maximum absolute atomic E-state index is 14.6. The first kappa shape index (κ1) is 26.8. The quantitative estimate of drug-likeness (QED) is 0.307. The number of hydrogen-bond donors (Lipinski definition) is 0. The largest absolute Gasteiger partial charge is 0.332 e. The lowest BCUT2D eigenvalue weighted by Gasteiger charge is -2.55. The number of carbonyl (C=O) groups is 3. The van der Waals surface area contributed by atoms with Crippen LogP contribution in [0.3, 0.4) is 0 Å². The van der Waals surface area contributed by atoms with Crippen LogP contribution < -0.4 is 4.31 Å². The fourth-order valence-corrected chi connectivity index (χ4v) is 7.90. The molecule has 3 aromatic carbocycles. The van der Waals surface area contributed by atoms with E-state index in [1.54, 1.807) is 60.7 Å². The number of halogens is 1. The minimum absolute atomic E-state index is 0.000604. The molecule has 1 saturated heterocycles. The molecule has 0 aromatic heterocycles. The fraction of sp³-hybridized carbons (Fsp3) is 0.207. The summed E-state index contributed by atoms with van der Waals surface area (Å²) in [6.45, 7) is 5.82. The van der Waals surface area contributed by atoms with Crippen molar-refractivity contribution in [1.29, 1.82) is 0 Å². The zero-order valence-electron chi connectivity index (χ0n) is 21.5. The summed E-state index contributed by atoms with van der Waals surface area (Å²) >= 11 is 3.54. The second-order valence-electron chi connectivity index (χ2n) is 9.69. The highest BCUT2D eigenvalue weighted by Crippen LogP contribution is 2.61. The summed E-state index contributed by atoms with van der Waals surface area (Å²) in [6, 6.07) is 17.9. The zero-order chi connectivity index (χ0) is 28.3. The molecule has 2 aliphatic heterocycles. The van der Waals surface area contributed by atoms with E-state index in [9.17, 15) is 22.8 Å². The Bertz CT molecular complexity index is 1610. The number of barbiturate groups is 1. The van der Waals surface area contributed by atoms with Crippen LogP contribution in [0.1, 0.15) is 28.7 Å². The van der Waals surface area contributed by atoms with Crippen molar-refractivity contribution in [2.24, 2.45) is 5.41 Å². The predicted molar refractivity (Wildman–Crippen MR) is 150 cm³/mol. The number of aryl methyl sites for hydroxylation is 1. The second-order valence-corrected chi connectivity index (χ2v) is 12.4. The summed E-state index contributed by atoms with van der Waals surface area (Å²) in [7, 11) is -1.76. The Hall–Kier alpha value is -3.76. The number of sulfonamides is 1. The van der Waals surface area contributed by atoms with Crippen LogP contribution in [0.15, 0.2) is 94.8 Å². The molecule has 8 nitrogen and oxygen atoms in total. The lowest BCUT2D eigenvalue weighted by molar-refractivity contribution is -0.160. The normalized spacial score (nSPS) is 20.8. The van der Waals surface area contributed by atoms with Crippen LogP contribution in [0.4, 0.5) is 10.5 Å². The van der Waals surface area contributed by atoms with Gasteiger partial charge in [0.15, 0.2) is 5.41 Å². The Morgan fingerprint density at radius 1 is 0.846 bits per heavy atom. The third kappa shape index (κ3) is 3.69. The van der Waals surface area contributed by atoms with Crippen molar-refractivity contribution in [3.05, 3.63) is 107 Å². The lowest BCUT2D eigenvalue weighted by atomic mass is 9.60. The van der Waals surface area contributed by atoms with Gasteiger partial charge in [0, 0.05) is 24.5 Å². The molecular formula is C29H26BrN3O5S. The van der Waals surface area contributed by atoms with Crippen LogP contribution >= 0.6 is 15.9 Å². The van der Waals surface area contributed by atoms with Gasteiger partial charge in [-0.25, -0.2) is 13.2 Å². The number of urea groups is 1. The molecule has 0 N–H and O–H groups in total.